The van der Waals surface area contributed by atoms with Crippen LogP contribution in [0, 0.1) is 0 Å². The second-order valence-electron chi connectivity index (χ2n) is 3.79. The van der Waals surface area contributed by atoms with Crippen LogP contribution in [0.2, 0.25) is 0 Å². The molecule has 100 valence electrons. The standard InChI is InChI=1S/C13H19NO4/c1-3-5-12(13(16)17-4-2)18-11-7-6-10(9-15)14-8-11/h6-8,12,15H,3-5,9H2,1-2H3. The zero-order valence-corrected chi connectivity index (χ0v) is 10.8. The van der Waals surface area contributed by atoms with Crippen molar-refractivity contribution in [1.82, 2.24) is 4.98 Å². The van der Waals surface area contributed by atoms with E-state index in [2.05, 4.69) is 4.98 Å². The van der Waals surface area contributed by atoms with Gasteiger partial charge in [0, 0.05) is 0 Å². The zero-order chi connectivity index (χ0) is 13.4. The quantitative estimate of drug-likeness (QED) is 0.749. The molecule has 0 amide bonds. The van der Waals surface area contributed by atoms with Gasteiger partial charge in [-0.25, -0.2) is 4.79 Å². The Hall–Kier alpha value is -1.62. The number of aliphatic hydroxyl groups is 1. The normalized spacial score (nSPS) is 11.9. The van der Waals surface area contributed by atoms with Crippen LogP contribution in [0.3, 0.4) is 0 Å². The molecule has 0 aliphatic heterocycles. The van der Waals surface area contributed by atoms with Crippen LogP contribution < -0.4 is 4.74 Å². The second kappa shape index (κ2) is 7.66. The number of rotatable bonds is 7. The summed E-state index contributed by atoms with van der Waals surface area (Å²) in [5.74, 6) is 0.143. The average molecular weight is 253 g/mol. The fraction of sp³-hybridized carbons (Fsp3) is 0.538. The monoisotopic (exact) mass is 253 g/mol. The summed E-state index contributed by atoms with van der Waals surface area (Å²) >= 11 is 0. The minimum Gasteiger partial charge on any atom is -0.477 e. The Kier molecular flexibility index (Phi) is 6.14. The Balaban J connectivity index is 2.66. The third kappa shape index (κ3) is 4.33. The van der Waals surface area contributed by atoms with Gasteiger partial charge in [-0.2, -0.15) is 0 Å². The van der Waals surface area contributed by atoms with E-state index in [0.717, 1.165) is 6.42 Å². The molecule has 1 rings (SSSR count). The number of pyridine rings is 1. The molecular weight excluding hydrogens is 234 g/mol. The van der Waals surface area contributed by atoms with E-state index in [4.69, 9.17) is 14.6 Å². The van der Waals surface area contributed by atoms with Gasteiger partial charge in [-0.15, -0.1) is 0 Å². The molecule has 0 spiro atoms. The second-order valence-corrected chi connectivity index (χ2v) is 3.79. The maximum absolute atomic E-state index is 11.7. The summed E-state index contributed by atoms with van der Waals surface area (Å²) in [6.45, 7) is 3.96. The van der Waals surface area contributed by atoms with Gasteiger partial charge in [-0.05, 0) is 25.5 Å². The van der Waals surface area contributed by atoms with Gasteiger partial charge in [0.05, 0.1) is 25.1 Å². The van der Waals surface area contributed by atoms with E-state index in [1.54, 1.807) is 19.1 Å². The van der Waals surface area contributed by atoms with Crippen molar-refractivity contribution in [2.45, 2.75) is 39.4 Å². The molecule has 1 heterocycles. The van der Waals surface area contributed by atoms with Crippen molar-refractivity contribution in [2.75, 3.05) is 6.61 Å². The number of hydrogen-bond donors (Lipinski definition) is 1. The van der Waals surface area contributed by atoms with Crippen LogP contribution in [0.25, 0.3) is 0 Å². The van der Waals surface area contributed by atoms with Gasteiger partial charge in [0.2, 0.25) is 0 Å². The van der Waals surface area contributed by atoms with Crippen molar-refractivity contribution < 1.29 is 19.4 Å². The van der Waals surface area contributed by atoms with Crippen molar-refractivity contribution in [1.29, 1.82) is 0 Å². The highest BCUT2D eigenvalue weighted by molar-refractivity contribution is 5.75. The Morgan fingerprint density at radius 3 is 2.72 bits per heavy atom. The first-order chi connectivity index (χ1) is 8.71. The minimum absolute atomic E-state index is 0.115. The van der Waals surface area contributed by atoms with Crippen LogP contribution in [0.1, 0.15) is 32.4 Å². The summed E-state index contributed by atoms with van der Waals surface area (Å²) < 4.78 is 10.5. The summed E-state index contributed by atoms with van der Waals surface area (Å²) in [6, 6.07) is 3.34. The summed E-state index contributed by atoms with van der Waals surface area (Å²) in [5, 5.41) is 8.88. The molecule has 0 aromatic carbocycles. The molecule has 0 bridgehead atoms. The highest BCUT2D eigenvalue weighted by Gasteiger charge is 2.20. The molecule has 5 heteroatoms. The number of esters is 1. The van der Waals surface area contributed by atoms with E-state index in [9.17, 15) is 4.79 Å². The number of nitrogens with zero attached hydrogens (tertiary/aromatic N) is 1. The molecule has 0 saturated heterocycles. The minimum atomic E-state index is -0.600. The molecule has 0 fully saturated rings. The smallest absolute Gasteiger partial charge is 0.347 e. The molecule has 18 heavy (non-hydrogen) atoms. The number of aromatic nitrogens is 1. The van der Waals surface area contributed by atoms with Crippen molar-refractivity contribution >= 4 is 5.97 Å². The highest BCUT2D eigenvalue weighted by Crippen LogP contribution is 2.14. The van der Waals surface area contributed by atoms with Gasteiger partial charge < -0.3 is 14.6 Å². The van der Waals surface area contributed by atoms with Crippen LogP contribution in [-0.2, 0) is 16.1 Å². The van der Waals surface area contributed by atoms with E-state index in [0.29, 0.717) is 24.5 Å². The van der Waals surface area contributed by atoms with Gasteiger partial charge in [0.25, 0.3) is 0 Å². The van der Waals surface area contributed by atoms with E-state index in [1.165, 1.54) is 6.20 Å². The summed E-state index contributed by atoms with van der Waals surface area (Å²) in [7, 11) is 0. The van der Waals surface area contributed by atoms with Gasteiger partial charge >= 0.3 is 5.97 Å². The van der Waals surface area contributed by atoms with Crippen molar-refractivity contribution in [3.63, 3.8) is 0 Å². The molecule has 1 unspecified atom stereocenters. The third-order valence-electron chi connectivity index (χ3n) is 2.34. The third-order valence-corrected chi connectivity index (χ3v) is 2.34. The van der Waals surface area contributed by atoms with E-state index < -0.39 is 6.10 Å². The van der Waals surface area contributed by atoms with Crippen LogP contribution in [0.4, 0.5) is 0 Å². The van der Waals surface area contributed by atoms with Crippen LogP contribution in [0.15, 0.2) is 18.3 Å². The number of carbonyl (C=O) groups is 1. The van der Waals surface area contributed by atoms with Crippen molar-refractivity contribution in [3.8, 4) is 5.75 Å². The Labute approximate surface area is 107 Å². The lowest BCUT2D eigenvalue weighted by molar-refractivity contribution is -0.151. The summed E-state index contributed by atoms with van der Waals surface area (Å²) in [5.41, 5.74) is 0.561. The topological polar surface area (TPSA) is 68.7 Å². The molecule has 0 saturated carbocycles. The zero-order valence-electron chi connectivity index (χ0n) is 10.8. The fourth-order valence-electron chi connectivity index (χ4n) is 1.46. The largest absolute Gasteiger partial charge is 0.477 e. The predicted octanol–water partition coefficient (Wildman–Crippen LogP) is 1.68. The summed E-state index contributed by atoms with van der Waals surface area (Å²) in [4.78, 5) is 15.6. The van der Waals surface area contributed by atoms with Crippen molar-refractivity contribution in [3.05, 3.63) is 24.0 Å². The van der Waals surface area contributed by atoms with Gasteiger partial charge in [0.1, 0.15) is 5.75 Å². The predicted molar refractivity (Wildman–Crippen MR) is 66.1 cm³/mol. The van der Waals surface area contributed by atoms with E-state index in [1.807, 2.05) is 6.92 Å². The molecule has 1 N–H and O–H groups in total. The summed E-state index contributed by atoms with van der Waals surface area (Å²) in [6.07, 6.45) is 2.32. The molecule has 1 aromatic rings. The average Bonchev–Trinajstić information content (AvgIpc) is 2.39. The van der Waals surface area contributed by atoms with Crippen LogP contribution in [0.5, 0.6) is 5.75 Å². The number of ether oxygens (including phenoxy) is 2. The van der Waals surface area contributed by atoms with Crippen LogP contribution >= 0.6 is 0 Å². The Bertz CT molecular complexity index is 364. The van der Waals surface area contributed by atoms with Gasteiger partial charge in [0.15, 0.2) is 6.10 Å². The lowest BCUT2D eigenvalue weighted by Gasteiger charge is -2.16. The number of hydrogen-bond acceptors (Lipinski definition) is 5. The van der Waals surface area contributed by atoms with Gasteiger partial charge in [-0.3, -0.25) is 4.98 Å². The SMILES string of the molecule is CCCC(Oc1ccc(CO)nc1)C(=O)OCC. The Morgan fingerprint density at radius 2 is 2.22 bits per heavy atom. The molecule has 0 radical (unpaired) electrons. The van der Waals surface area contributed by atoms with Crippen molar-refractivity contribution in [2.24, 2.45) is 0 Å². The maximum atomic E-state index is 11.7. The fourth-order valence-corrected chi connectivity index (χ4v) is 1.46. The molecule has 0 aliphatic rings. The lowest BCUT2D eigenvalue weighted by Crippen LogP contribution is -2.29. The van der Waals surface area contributed by atoms with Crippen LogP contribution in [-0.4, -0.2) is 28.8 Å². The van der Waals surface area contributed by atoms with E-state index in [-0.39, 0.29) is 12.6 Å². The maximum Gasteiger partial charge on any atom is 0.347 e. The highest BCUT2D eigenvalue weighted by atomic mass is 16.6. The molecule has 1 atom stereocenters. The molecule has 1 aromatic heterocycles. The first-order valence-corrected chi connectivity index (χ1v) is 6.10. The first kappa shape index (κ1) is 14.4. The van der Waals surface area contributed by atoms with Gasteiger partial charge in [-0.1, -0.05) is 13.3 Å². The van der Waals surface area contributed by atoms with E-state index >= 15 is 0 Å². The number of carbonyl (C=O) groups excluding carboxylic acids is 1. The Morgan fingerprint density at radius 1 is 1.44 bits per heavy atom. The molecule has 0 aliphatic carbocycles. The lowest BCUT2D eigenvalue weighted by atomic mass is 10.2. The number of aliphatic hydroxyl groups excluding tert-OH is 1. The first-order valence-electron chi connectivity index (χ1n) is 6.10. The molecule has 5 nitrogen and oxygen atoms in total. The molecular formula is C13H19NO4.